The number of carbonyl (C=O) groups excluding carboxylic acids is 2. The summed E-state index contributed by atoms with van der Waals surface area (Å²) in [6, 6.07) is 13.1. The second-order valence-electron chi connectivity index (χ2n) is 14.5. The molecule has 1 aliphatic rings. The van der Waals surface area contributed by atoms with Gasteiger partial charge in [0.25, 0.3) is 0 Å². The van der Waals surface area contributed by atoms with Gasteiger partial charge in [-0.15, -0.1) is 11.3 Å². The van der Waals surface area contributed by atoms with E-state index in [0.717, 1.165) is 40.8 Å². The fourth-order valence-corrected chi connectivity index (χ4v) is 9.06. The number of thiazole rings is 1. The molecular formula is C39H51N7O8S2. The first-order valence-corrected chi connectivity index (χ1v) is 21.1. The summed E-state index contributed by atoms with van der Waals surface area (Å²) < 4.78 is 32.2. The van der Waals surface area contributed by atoms with E-state index in [-0.39, 0.29) is 55.7 Å². The lowest BCUT2D eigenvalue weighted by Gasteiger charge is -2.32. The molecule has 5 N–H and O–H groups in total. The number of amides is 1. The molecule has 0 unspecified atom stereocenters. The molecule has 2 heterocycles. The van der Waals surface area contributed by atoms with Gasteiger partial charge in [0.2, 0.25) is 21.8 Å². The number of hydrogen-bond donors (Lipinski definition) is 4. The van der Waals surface area contributed by atoms with Crippen LogP contribution in [0.3, 0.4) is 0 Å². The molecule has 0 radical (unpaired) electrons. The number of aromatic hydroxyl groups is 1. The fraction of sp³-hybridized carbons (Fsp3) is 0.462. The number of aryl methyl sites for hydroxylation is 1. The number of aliphatic hydroxyl groups is 1. The van der Waals surface area contributed by atoms with E-state index in [1.807, 2.05) is 37.3 Å². The number of benzene rings is 2. The third-order valence-corrected chi connectivity index (χ3v) is 12.5. The molecule has 0 saturated heterocycles. The van der Waals surface area contributed by atoms with Gasteiger partial charge in [-0.25, -0.2) is 23.0 Å². The summed E-state index contributed by atoms with van der Waals surface area (Å²) in [4.78, 5) is 48.6. The molecule has 17 heteroatoms. The van der Waals surface area contributed by atoms with E-state index < -0.39 is 51.7 Å². The molecule has 1 aliphatic carbocycles. The summed E-state index contributed by atoms with van der Waals surface area (Å²) >= 11 is 1.42. The van der Waals surface area contributed by atoms with Gasteiger partial charge in [-0.3, -0.25) is 13.9 Å². The molecule has 2 aromatic carbocycles. The first-order valence-electron chi connectivity index (χ1n) is 18.7. The molecule has 1 fully saturated rings. The molecule has 2 aromatic heterocycles. The molecular weight excluding hydrogens is 759 g/mol. The molecule has 1 amide bonds. The number of carbonyl (C=O) groups is 2. The Bertz CT molecular complexity index is 2110. The highest BCUT2D eigenvalue weighted by molar-refractivity contribution is 7.89. The lowest BCUT2D eigenvalue weighted by molar-refractivity contribution is -0.143. The van der Waals surface area contributed by atoms with E-state index in [4.69, 9.17) is 10.6 Å². The van der Waals surface area contributed by atoms with E-state index in [2.05, 4.69) is 15.5 Å². The summed E-state index contributed by atoms with van der Waals surface area (Å²) in [7, 11) is -4.14. The summed E-state index contributed by atoms with van der Waals surface area (Å²) in [5.41, 5.74) is 6.66. The highest BCUT2D eigenvalue weighted by atomic mass is 32.2. The number of imidazole rings is 1. The average molecular weight is 810 g/mol. The smallest absolute Gasteiger partial charge is 0.336 e. The standard InChI is InChI=1S/C39H51N7O8S2/c1-26(2)37(46-24-35(48)45(39(46)51)22-31-25-55-27(3)42-31)38(50)43-33(19-28-9-5-4-6-10-28)34(47)23-44(21-30-11-7-8-12-30)56(52,53)32-15-13-29(14-16-32)20-41-54-36(49)17-18-40/h4-6,9-10,13-16,20,24-26,30,33-34,37,47-48H,7-8,11-12,17-19,21-23,40H2,1-3H3,(H,43,50)/t33-,34+,37-/m0/s1. The SMILES string of the molecule is Cc1nc(Cn2c(O)cn([C@H](C(=O)N[C@@H](Cc3ccccc3)[C@H](O)CN(CC3CCCC3)S(=O)(=O)c3ccc(C=NOC(=O)CCN)cc3)C(C)C)c2=O)cs1. The molecule has 5 rings (SSSR count). The van der Waals surface area contributed by atoms with Crippen LogP contribution in [0.15, 0.2) is 81.0 Å². The quantitative estimate of drug-likeness (QED) is 0.0615. The van der Waals surface area contributed by atoms with Crippen LogP contribution in [0, 0.1) is 18.8 Å². The number of nitrogens with two attached hydrogens (primary N) is 1. The Hall–Kier alpha value is -4.68. The monoisotopic (exact) mass is 809 g/mol. The maximum atomic E-state index is 14.3. The fourth-order valence-electron chi connectivity index (χ4n) is 6.92. The first-order chi connectivity index (χ1) is 26.8. The number of nitrogens with zero attached hydrogens (tertiary/aromatic N) is 5. The van der Waals surface area contributed by atoms with Gasteiger partial charge in [0.1, 0.15) is 6.04 Å². The summed E-state index contributed by atoms with van der Waals surface area (Å²) in [5, 5.41) is 32.0. The maximum absolute atomic E-state index is 14.3. The van der Waals surface area contributed by atoms with Crippen LogP contribution in [0.1, 0.15) is 73.8 Å². The summed E-state index contributed by atoms with van der Waals surface area (Å²) in [6.07, 6.45) is 5.01. The molecule has 4 aromatic rings. The van der Waals surface area contributed by atoms with Crippen LogP contribution in [0.25, 0.3) is 0 Å². The van der Waals surface area contributed by atoms with E-state index >= 15 is 0 Å². The van der Waals surface area contributed by atoms with Crippen LogP contribution in [0.2, 0.25) is 0 Å². The predicted molar refractivity (Wildman–Crippen MR) is 213 cm³/mol. The van der Waals surface area contributed by atoms with E-state index in [0.29, 0.717) is 11.3 Å². The second-order valence-corrected chi connectivity index (χ2v) is 17.5. The van der Waals surface area contributed by atoms with Gasteiger partial charge in [-0.1, -0.05) is 74.3 Å². The predicted octanol–water partition coefficient (Wildman–Crippen LogP) is 3.56. The van der Waals surface area contributed by atoms with Gasteiger partial charge < -0.3 is 26.1 Å². The number of hydrogen-bond acceptors (Lipinski definition) is 12. The third kappa shape index (κ3) is 11.0. The van der Waals surface area contributed by atoms with Crippen LogP contribution < -0.4 is 16.7 Å². The molecule has 0 bridgehead atoms. The largest absolute Gasteiger partial charge is 0.493 e. The van der Waals surface area contributed by atoms with Crippen LogP contribution in [0.4, 0.5) is 0 Å². The zero-order chi connectivity index (χ0) is 40.4. The van der Waals surface area contributed by atoms with Crippen molar-refractivity contribution in [2.24, 2.45) is 22.7 Å². The van der Waals surface area contributed by atoms with Crippen molar-refractivity contribution in [1.29, 1.82) is 0 Å². The Morgan fingerprint density at radius 2 is 1.84 bits per heavy atom. The summed E-state index contributed by atoms with van der Waals surface area (Å²) in [5.74, 6) is -1.80. The molecule has 15 nitrogen and oxygen atoms in total. The Balaban J connectivity index is 1.40. The highest BCUT2D eigenvalue weighted by Crippen LogP contribution is 2.29. The van der Waals surface area contributed by atoms with Crippen LogP contribution in [-0.4, -0.2) is 86.9 Å². The first kappa shape index (κ1) is 42.5. The molecule has 302 valence electrons. The second kappa shape index (κ2) is 19.5. The Kier molecular flexibility index (Phi) is 14.8. The number of oxime groups is 1. The zero-order valence-corrected chi connectivity index (χ0v) is 33.5. The van der Waals surface area contributed by atoms with Gasteiger partial charge >= 0.3 is 11.7 Å². The topological polar surface area (TPSA) is 211 Å². The van der Waals surface area contributed by atoms with Crippen molar-refractivity contribution in [2.75, 3.05) is 19.6 Å². The normalized spacial score (nSPS) is 15.4. The van der Waals surface area contributed by atoms with Crippen molar-refractivity contribution in [3.8, 4) is 5.88 Å². The molecule has 56 heavy (non-hydrogen) atoms. The van der Waals surface area contributed by atoms with Crippen molar-refractivity contribution in [3.05, 3.63) is 98.5 Å². The van der Waals surface area contributed by atoms with Crippen LogP contribution in [-0.2, 0) is 37.4 Å². The minimum Gasteiger partial charge on any atom is -0.493 e. The third-order valence-electron chi connectivity index (χ3n) is 9.81. The van der Waals surface area contributed by atoms with Crippen molar-refractivity contribution < 1.29 is 33.1 Å². The minimum atomic E-state index is -4.14. The number of aromatic nitrogens is 3. The van der Waals surface area contributed by atoms with Gasteiger partial charge in [-0.2, -0.15) is 4.31 Å². The van der Waals surface area contributed by atoms with Crippen molar-refractivity contribution in [2.45, 2.75) is 88.9 Å². The van der Waals surface area contributed by atoms with E-state index in [9.17, 15) is 33.0 Å². The number of rotatable bonds is 19. The maximum Gasteiger partial charge on any atom is 0.336 e. The lowest BCUT2D eigenvalue weighted by atomic mass is 9.98. The van der Waals surface area contributed by atoms with Gasteiger partial charge in [0.15, 0.2) is 0 Å². The Labute approximate surface area is 330 Å². The number of sulfonamides is 1. The zero-order valence-electron chi connectivity index (χ0n) is 31.9. The number of nitrogens with one attached hydrogen (secondary N) is 1. The molecule has 0 spiro atoms. The van der Waals surface area contributed by atoms with Gasteiger partial charge in [-0.05, 0) is 61.3 Å². The molecule has 3 atom stereocenters. The van der Waals surface area contributed by atoms with Crippen molar-refractivity contribution in [1.82, 2.24) is 23.7 Å². The van der Waals surface area contributed by atoms with Gasteiger partial charge in [0.05, 0.1) is 53.1 Å². The van der Waals surface area contributed by atoms with Crippen molar-refractivity contribution >= 4 is 39.5 Å². The summed E-state index contributed by atoms with van der Waals surface area (Å²) in [6.45, 7) is 5.41. The van der Waals surface area contributed by atoms with Gasteiger partial charge in [0, 0.05) is 25.0 Å². The van der Waals surface area contributed by atoms with Crippen LogP contribution >= 0.6 is 11.3 Å². The van der Waals surface area contributed by atoms with E-state index in [1.54, 1.807) is 19.2 Å². The average Bonchev–Trinajstić information content (AvgIpc) is 3.90. The van der Waals surface area contributed by atoms with Crippen molar-refractivity contribution in [3.63, 3.8) is 0 Å². The lowest BCUT2D eigenvalue weighted by Crippen LogP contribution is -2.53. The highest BCUT2D eigenvalue weighted by Gasteiger charge is 2.35. The minimum absolute atomic E-state index is 0.00000263. The molecule has 1 saturated carbocycles. The Morgan fingerprint density at radius 1 is 1.14 bits per heavy atom. The molecule has 0 aliphatic heterocycles. The Morgan fingerprint density at radius 3 is 2.46 bits per heavy atom. The van der Waals surface area contributed by atoms with Crippen LogP contribution in [0.5, 0.6) is 5.88 Å². The number of aliphatic hydroxyl groups excluding tert-OH is 1. The van der Waals surface area contributed by atoms with E-state index in [1.165, 1.54) is 56.9 Å².